The molecule has 0 saturated carbocycles. The Morgan fingerprint density at radius 1 is 1.24 bits per heavy atom. The van der Waals surface area contributed by atoms with E-state index in [0.29, 0.717) is 29.6 Å². The van der Waals surface area contributed by atoms with Gasteiger partial charge < -0.3 is 25.2 Å². The Kier molecular flexibility index (Phi) is 10.2. The third kappa shape index (κ3) is 6.49. The molecule has 1 unspecified atom stereocenters. The third-order valence-corrected chi connectivity index (χ3v) is 4.66. The first-order valence-corrected chi connectivity index (χ1v) is 9.32. The van der Waals surface area contributed by atoms with E-state index in [-0.39, 0.29) is 30.5 Å². The number of aromatic nitrogens is 2. The number of hydrogen-bond acceptors (Lipinski definition) is 5. The van der Waals surface area contributed by atoms with Gasteiger partial charge in [-0.05, 0) is 39.0 Å². The fourth-order valence-electron chi connectivity index (χ4n) is 2.95. The monoisotopic (exact) mass is 517 g/mol. The van der Waals surface area contributed by atoms with Crippen LogP contribution in [0.15, 0.2) is 23.2 Å². The predicted molar refractivity (Wildman–Crippen MR) is 125 cm³/mol. The fourth-order valence-corrected chi connectivity index (χ4v) is 2.95. The molecular formula is C20H32IN5O3. The molecule has 0 aliphatic carbocycles. The molecule has 162 valence electrons. The third-order valence-electron chi connectivity index (χ3n) is 4.66. The van der Waals surface area contributed by atoms with Crippen LogP contribution in [0, 0.1) is 13.8 Å². The standard InChI is InChI=1S/C20H31N5O3.HI/c1-7-21-20(22-11-17-13(2)24-25(4)14(17)3)23-12-18(26)16-10-15(27-5)8-9-19(16)28-6;/h8-10,18,26H,7,11-12H2,1-6H3,(H2,21,22,23);1H. The topological polar surface area (TPSA) is 92.9 Å². The largest absolute Gasteiger partial charge is 0.497 e. The van der Waals surface area contributed by atoms with Crippen LogP contribution in [0.1, 0.15) is 35.5 Å². The molecule has 2 aromatic rings. The molecule has 0 aliphatic rings. The molecule has 0 saturated heterocycles. The van der Waals surface area contributed by atoms with Crippen molar-refractivity contribution in [2.75, 3.05) is 27.3 Å². The molecule has 0 aliphatic heterocycles. The first kappa shape index (κ1) is 25.0. The number of aliphatic hydroxyl groups excluding tert-OH is 1. The second-order valence-corrected chi connectivity index (χ2v) is 6.47. The Hall–Kier alpha value is -2.01. The molecule has 0 amide bonds. The summed E-state index contributed by atoms with van der Waals surface area (Å²) in [6, 6.07) is 5.36. The van der Waals surface area contributed by atoms with Crippen molar-refractivity contribution >= 4 is 29.9 Å². The number of methoxy groups -OCH3 is 2. The van der Waals surface area contributed by atoms with Crippen LogP contribution in [0.3, 0.4) is 0 Å². The van der Waals surface area contributed by atoms with Gasteiger partial charge in [-0.25, -0.2) is 4.99 Å². The minimum absolute atomic E-state index is 0. The van der Waals surface area contributed by atoms with Crippen LogP contribution in [0.25, 0.3) is 0 Å². The highest BCUT2D eigenvalue weighted by Gasteiger charge is 2.15. The Labute approximate surface area is 189 Å². The first-order chi connectivity index (χ1) is 13.4. The number of benzene rings is 1. The molecule has 1 aromatic carbocycles. The average molecular weight is 517 g/mol. The van der Waals surface area contributed by atoms with Crippen molar-refractivity contribution in [1.82, 2.24) is 20.4 Å². The number of guanidine groups is 1. The van der Waals surface area contributed by atoms with Gasteiger partial charge in [0.1, 0.15) is 11.5 Å². The average Bonchev–Trinajstić information content (AvgIpc) is 2.94. The number of aliphatic imine (C=N–C) groups is 1. The van der Waals surface area contributed by atoms with Gasteiger partial charge in [0.05, 0.1) is 32.6 Å². The summed E-state index contributed by atoms with van der Waals surface area (Å²) in [6.07, 6.45) is -0.782. The summed E-state index contributed by atoms with van der Waals surface area (Å²) in [6.45, 7) is 7.52. The number of nitrogens with one attached hydrogen (secondary N) is 2. The summed E-state index contributed by atoms with van der Waals surface area (Å²) in [7, 11) is 5.10. The second kappa shape index (κ2) is 11.9. The Bertz CT molecular complexity index is 823. The Balaban J connectivity index is 0.00000420. The van der Waals surface area contributed by atoms with Gasteiger partial charge >= 0.3 is 0 Å². The molecule has 1 atom stereocenters. The number of halogens is 1. The van der Waals surface area contributed by atoms with Crippen molar-refractivity contribution < 1.29 is 14.6 Å². The minimum atomic E-state index is -0.782. The highest BCUT2D eigenvalue weighted by molar-refractivity contribution is 14.0. The normalized spacial score (nSPS) is 12.2. The minimum Gasteiger partial charge on any atom is -0.497 e. The zero-order valence-electron chi connectivity index (χ0n) is 17.9. The maximum Gasteiger partial charge on any atom is 0.191 e. The summed E-state index contributed by atoms with van der Waals surface area (Å²) in [5.74, 6) is 1.91. The quantitative estimate of drug-likeness (QED) is 0.283. The summed E-state index contributed by atoms with van der Waals surface area (Å²) < 4.78 is 12.5. The van der Waals surface area contributed by atoms with Gasteiger partial charge in [-0.3, -0.25) is 4.68 Å². The molecule has 9 heteroatoms. The molecule has 1 heterocycles. The van der Waals surface area contributed by atoms with E-state index in [4.69, 9.17) is 9.47 Å². The van der Waals surface area contributed by atoms with E-state index in [1.165, 1.54) is 0 Å². The lowest BCUT2D eigenvalue weighted by molar-refractivity contribution is 0.176. The van der Waals surface area contributed by atoms with E-state index < -0.39 is 6.10 Å². The van der Waals surface area contributed by atoms with Crippen LogP contribution in [0.4, 0.5) is 0 Å². The van der Waals surface area contributed by atoms with Crippen LogP contribution in [-0.4, -0.2) is 48.2 Å². The lowest BCUT2D eigenvalue weighted by Crippen LogP contribution is -2.39. The smallest absolute Gasteiger partial charge is 0.191 e. The molecule has 1 aromatic heterocycles. The SMILES string of the molecule is CCNC(=NCc1c(C)nn(C)c1C)NCC(O)c1cc(OC)ccc1OC.I. The predicted octanol–water partition coefficient (Wildman–Crippen LogP) is 2.46. The molecule has 3 N–H and O–H groups in total. The fraction of sp³-hybridized carbons (Fsp3) is 0.500. The molecule has 0 fully saturated rings. The molecule has 29 heavy (non-hydrogen) atoms. The van der Waals surface area contributed by atoms with Gasteiger partial charge in [0.2, 0.25) is 0 Å². The van der Waals surface area contributed by atoms with E-state index in [9.17, 15) is 5.11 Å². The summed E-state index contributed by atoms with van der Waals surface area (Å²) in [5.41, 5.74) is 3.83. The first-order valence-electron chi connectivity index (χ1n) is 9.32. The van der Waals surface area contributed by atoms with Crippen LogP contribution < -0.4 is 20.1 Å². The number of ether oxygens (including phenoxy) is 2. The van der Waals surface area contributed by atoms with Gasteiger partial charge in [-0.15, -0.1) is 24.0 Å². The lowest BCUT2D eigenvalue weighted by Gasteiger charge is -2.18. The van der Waals surface area contributed by atoms with Crippen molar-refractivity contribution in [3.8, 4) is 11.5 Å². The summed E-state index contributed by atoms with van der Waals surface area (Å²) in [5, 5.41) is 21.5. The number of aryl methyl sites for hydroxylation is 2. The highest BCUT2D eigenvalue weighted by Crippen LogP contribution is 2.29. The Morgan fingerprint density at radius 3 is 2.52 bits per heavy atom. The molecule has 0 bridgehead atoms. The van der Waals surface area contributed by atoms with E-state index in [1.807, 2.05) is 32.5 Å². The van der Waals surface area contributed by atoms with E-state index >= 15 is 0 Å². The van der Waals surface area contributed by atoms with Crippen LogP contribution in [0.2, 0.25) is 0 Å². The van der Waals surface area contributed by atoms with E-state index in [0.717, 1.165) is 23.5 Å². The second-order valence-electron chi connectivity index (χ2n) is 6.47. The van der Waals surface area contributed by atoms with Crippen molar-refractivity contribution in [2.24, 2.45) is 12.0 Å². The number of nitrogens with zero attached hydrogens (tertiary/aromatic N) is 3. The molecule has 0 spiro atoms. The van der Waals surface area contributed by atoms with Crippen LogP contribution in [0.5, 0.6) is 11.5 Å². The number of rotatable bonds is 8. The van der Waals surface area contributed by atoms with Gasteiger partial charge in [-0.1, -0.05) is 0 Å². The highest BCUT2D eigenvalue weighted by atomic mass is 127. The number of aliphatic hydroxyl groups is 1. The Morgan fingerprint density at radius 2 is 1.97 bits per heavy atom. The van der Waals surface area contributed by atoms with Gasteiger partial charge in [0, 0.05) is 37.0 Å². The van der Waals surface area contributed by atoms with Crippen molar-refractivity contribution in [3.05, 3.63) is 40.7 Å². The maximum atomic E-state index is 10.7. The van der Waals surface area contributed by atoms with Crippen molar-refractivity contribution in [1.29, 1.82) is 0 Å². The zero-order valence-corrected chi connectivity index (χ0v) is 20.3. The number of hydrogen-bond donors (Lipinski definition) is 3. The van der Waals surface area contributed by atoms with E-state index in [2.05, 4.69) is 20.7 Å². The van der Waals surface area contributed by atoms with Crippen molar-refractivity contribution in [2.45, 2.75) is 33.4 Å². The van der Waals surface area contributed by atoms with Gasteiger partial charge in [-0.2, -0.15) is 5.10 Å². The van der Waals surface area contributed by atoms with Crippen LogP contribution >= 0.6 is 24.0 Å². The summed E-state index contributed by atoms with van der Waals surface area (Å²) >= 11 is 0. The van der Waals surface area contributed by atoms with Gasteiger partial charge in [0.25, 0.3) is 0 Å². The lowest BCUT2D eigenvalue weighted by atomic mass is 10.1. The molecule has 8 nitrogen and oxygen atoms in total. The van der Waals surface area contributed by atoms with E-state index in [1.54, 1.807) is 32.4 Å². The zero-order chi connectivity index (χ0) is 20.7. The molecular weight excluding hydrogens is 485 g/mol. The van der Waals surface area contributed by atoms with Crippen molar-refractivity contribution in [3.63, 3.8) is 0 Å². The molecule has 2 rings (SSSR count). The summed E-state index contributed by atoms with van der Waals surface area (Å²) in [4.78, 5) is 4.63. The van der Waals surface area contributed by atoms with Crippen LogP contribution in [-0.2, 0) is 13.6 Å². The maximum absolute atomic E-state index is 10.7. The molecule has 0 radical (unpaired) electrons. The van der Waals surface area contributed by atoms with Gasteiger partial charge in [0.15, 0.2) is 5.96 Å².